The second kappa shape index (κ2) is 8.27. The SMILES string of the molecule is CCCCCCc1cc(-c2ccc(C(=O)N(C)C)s2)sc1Br. The van der Waals surface area contributed by atoms with Crippen molar-refractivity contribution in [2.24, 2.45) is 0 Å². The molecule has 2 nitrogen and oxygen atoms in total. The van der Waals surface area contributed by atoms with E-state index in [1.54, 1.807) is 41.7 Å². The molecule has 0 fully saturated rings. The number of aryl methyl sites for hydroxylation is 1. The molecule has 0 aromatic carbocycles. The number of carbonyl (C=O) groups excluding carboxylic acids is 1. The third kappa shape index (κ3) is 4.43. The maximum absolute atomic E-state index is 12.0. The van der Waals surface area contributed by atoms with Crippen LogP contribution in [0, 0.1) is 0 Å². The van der Waals surface area contributed by atoms with Gasteiger partial charge in [0.2, 0.25) is 0 Å². The van der Waals surface area contributed by atoms with Crippen LogP contribution >= 0.6 is 38.6 Å². The van der Waals surface area contributed by atoms with Gasteiger partial charge in [-0.1, -0.05) is 26.2 Å². The van der Waals surface area contributed by atoms with Crippen LogP contribution < -0.4 is 0 Å². The number of rotatable bonds is 7. The van der Waals surface area contributed by atoms with Gasteiger partial charge in [-0.25, -0.2) is 0 Å². The van der Waals surface area contributed by atoms with Crippen molar-refractivity contribution in [3.63, 3.8) is 0 Å². The smallest absolute Gasteiger partial charge is 0.263 e. The molecule has 22 heavy (non-hydrogen) atoms. The number of hydrogen-bond acceptors (Lipinski definition) is 3. The standard InChI is InChI=1S/C17H22BrNOS2/c1-4-5-6-7-8-12-11-15(22-16(12)18)13-9-10-14(21-13)17(20)19(2)3/h9-11H,4-8H2,1-3H3. The predicted octanol–water partition coefficient (Wildman–Crippen LogP) is 6.06. The van der Waals surface area contributed by atoms with Gasteiger partial charge < -0.3 is 4.90 Å². The lowest BCUT2D eigenvalue weighted by Gasteiger charge is -2.06. The molecular weight excluding hydrogens is 378 g/mol. The summed E-state index contributed by atoms with van der Waals surface area (Å²) >= 11 is 7.03. The lowest BCUT2D eigenvalue weighted by molar-refractivity contribution is 0.0832. The topological polar surface area (TPSA) is 20.3 Å². The monoisotopic (exact) mass is 399 g/mol. The minimum Gasteiger partial charge on any atom is -0.344 e. The molecular formula is C17H22BrNOS2. The summed E-state index contributed by atoms with van der Waals surface area (Å²) in [6.45, 7) is 2.24. The Hall–Kier alpha value is -0.650. The highest BCUT2D eigenvalue weighted by molar-refractivity contribution is 9.11. The van der Waals surface area contributed by atoms with E-state index in [-0.39, 0.29) is 5.91 Å². The molecule has 0 aliphatic heterocycles. The number of thiophene rings is 2. The van der Waals surface area contributed by atoms with Crippen molar-refractivity contribution >= 4 is 44.5 Å². The van der Waals surface area contributed by atoms with Crippen LogP contribution in [0.15, 0.2) is 22.0 Å². The fourth-order valence-electron chi connectivity index (χ4n) is 2.25. The van der Waals surface area contributed by atoms with Crippen molar-refractivity contribution in [1.29, 1.82) is 0 Å². The minimum absolute atomic E-state index is 0.0756. The van der Waals surface area contributed by atoms with Crippen LogP contribution in [0.3, 0.4) is 0 Å². The largest absolute Gasteiger partial charge is 0.344 e. The third-order valence-electron chi connectivity index (χ3n) is 3.52. The summed E-state index contributed by atoms with van der Waals surface area (Å²) in [7, 11) is 3.58. The molecule has 2 aromatic rings. The fourth-order valence-corrected chi connectivity index (χ4v) is 5.13. The molecule has 0 radical (unpaired) electrons. The molecule has 0 saturated heterocycles. The number of unbranched alkanes of at least 4 members (excludes halogenated alkanes) is 3. The Kier molecular flexibility index (Phi) is 6.66. The van der Waals surface area contributed by atoms with Crippen LogP contribution in [0.4, 0.5) is 0 Å². The van der Waals surface area contributed by atoms with E-state index in [2.05, 4.69) is 35.0 Å². The zero-order valence-corrected chi connectivity index (χ0v) is 16.5. The van der Waals surface area contributed by atoms with Crippen LogP contribution in [-0.2, 0) is 6.42 Å². The van der Waals surface area contributed by atoms with Gasteiger partial charge in [-0.3, -0.25) is 4.79 Å². The van der Waals surface area contributed by atoms with Crippen molar-refractivity contribution in [3.05, 3.63) is 32.4 Å². The maximum atomic E-state index is 12.0. The van der Waals surface area contributed by atoms with Crippen molar-refractivity contribution in [2.45, 2.75) is 39.0 Å². The highest BCUT2D eigenvalue weighted by Gasteiger charge is 2.14. The molecule has 2 aromatic heterocycles. The van der Waals surface area contributed by atoms with E-state index in [1.807, 2.05) is 6.07 Å². The molecule has 0 unspecified atom stereocenters. The Labute approximate surface area is 149 Å². The highest BCUT2D eigenvalue weighted by Crippen LogP contribution is 2.39. The van der Waals surface area contributed by atoms with Gasteiger partial charge in [-0.15, -0.1) is 22.7 Å². The quantitative estimate of drug-likeness (QED) is 0.517. The summed E-state index contributed by atoms with van der Waals surface area (Å²) in [6.07, 6.45) is 6.27. The number of amides is 1. The summed E-state index contributed by atoms with van der Waals surface area (Å²) in [4.78, 5) is 16.8. The van der Waals surface area contributed by atoms with E-state index in [4.69, 9.17) is 0 Å². The van der Waals surface area contributed by atoms with Crippen LogP contribution in [0.2, 0.25) is 0 Å². The molecule has 0 saturated carbocycles. The Bertz CT molecular complexity index is 630. The molecule has 0 spiro atoms. The average molecular weight is 400 g/mol. The Morgan fingerprint density at radius 1 is 1.14 bits per heavy atom. The first-order valence-electron chi connectivity index (χ1n) is 7.63. The van der Waals surface area contributed by atoms with E-state index in [0.717, 1.165) is 11.3 Å². The van der Waals surface area contributed by atoms with Crippen LogP contribution in [0.25, 0.3) is 9.75 Å². The van der Waals surface area contributed by atoms with Crippen LogP contribution in [-0.4, -0.2) is 24.9 Å². The molecule has 0 aliphatic carbocycles. The van der Waals surface area contributed by atoms with Gasteiger partial charge in [0.05, 0.1) is 8.66 Å². The minimum atomic E-state index is 0.0756. The predicted molar refractivity (Wildman–Crippen MR) is 101 cm³/mol. The van der Waals surface area contributed by atoms with Crippen LogP contribution in [0.1, 0.15) is 47.8 Å². The summed E-state index contributed by atoms with van der Waals surface area (Å²) in [6, 6.07) is 6.26. The number of nitrogens with zero attached hydrogens (tertiary/aromatic N) is 1. The molecule has 0 N–H and O–H groups in total. The number of hydrogen-bond donors (Lipinski definition) is 0. The average Bonchev–Trinajstić information content (AvgIpc) is 3.10. The highest BCUT2D eigenvalue weighted by atomic mass is 79.9. The van der Waals surface area contributed by atoms with E-state index in [1.165, 1.54) is 44.8 Å². The maximum Gasteiger partial charge on any atom is 0.263 e. The number of halogens is 1. The molecule has 120 valence electrons. The Morgan fingerprint density at radius 2 is 1.91 bits per heavy atom. The first-order valence-corrected chi connectivity index (χ1v) is 10.1. The normalized spacial score (nSPS) is 10.9. The van der Waals surface area contributed by atoms with E-state index >= 15 is 0 Å². The van der Waals surface area contributed by atoms with Gasteiger partial charge in [0, 0.05) is 23.8 Å². The van der Waals surface area contributed by atoms with Crippen molar-refractivity contribution in [3.8, 4) is 9.75 Å². The first-order chi connectivity index (χ1) is 10.5. The summed E-state index contributed by atoms with van der Waals surface area (Å²) in [5.41, 5.74) is 1.39. The van der Waals surface area contributed by atoms with Gasteiger partial charge in [0.25, 0.3) is 5.91 Å². The molecule has 0 aliphatic rings. The lowest BCUT2D eigenvalue weighted by Crippen LogP contribution is -2.20. The van der Waals surface area contributed by atoms with Crippen LogP contribution in [0.5, 0.6) is 0 Å². The third-order valence-corrected chi connectivity index (χ3v) is 6.75. The lowest BCUT2D eigenvalue weighted by atomic mass is 10.1. The van der Waals surface area contributed by atoms with Gasteiger partial charge in [-0.05, 0) is 52.5 Å². The van der Waals surface area contributed by atoms with E-state index in [9.17, 15) is 4.79 Å². The molecule has 2 heterocycles. The Morgan fingerprint density at radius 3 is 2.59 bits per heavy atom. The van der Waals surface area contributed by atoms with Gasteiger partial charge >= 0.3 is 0 Å². The molecule has 0 atom stereocenters. The van der Waals surface area contributed by atoms with E-state index in [0.29, 0.717) is 0 Å². The molecule has 5 heteroatoms. The van der Waals surface area contributed by atoms with E-state index < -0.39 is 0 Å². The first kappa shape index (κ1) is 17.7. The molecule has 2 rings (SSSR count). The zero-order chi connectivity index (χ0) is 16.1. The fraction of sp³-hybridized carbons (Fsp3) is 0.471. The second-order valence-electron chi connectivity index (χ2n) is 5.58. The Balaban J connectivity index is 2.08. The zero-order valence-electron chi connectivity index (χ0n) is 13.3. The second-order valence-corrected chi connectivity index (χ2v) is 9.04. The number of carbonyl (C=O) groups is 1. The van der Waals surface area contributed by atoms with Crippen molar-refractivity contribution < 1.29 is 4.79 Å². The van der Waals surface area contributed by atoms with Crippen molar-refractivity contribution in [2.75, 3.05) is 14.1 Å². The summed E-state index contributed by atoms with van der Waals surface area (Å²) in [5.74, 6) is 0.0756. The molecule has 0 bridgehead atoms. The van der Waals surface area contributed by atoms with Crippen molar-refractivity contribution in [1.82, 2.24) is 4.90 Å². The summed E-state index contributed by atoms with van der Waals surface area (Å²) < 4.78 is 1.23. The van der Waals surface area contributed by atoms with Gasteiger partial charge in [0.1, 0.15) is 0 Å². The van der Waals surface area contributed by atoms with Gasteiger partial charge in [0.15, 0.2) is 0 Å². The molecule has 1 amide bonds. The van der Waals surface area contributed by atoms with Gasteiger partial charge in [-0.2, -0.15) is 0 Å². The summed E-state index contributed by atoms with van der Waals surface area (Å²) in [5, 5.41) is 0.